The Hall–Kier alpha value is -1.00. The van der Waals surface area contributed by atoms with E-state index in [-0.39, 0.29) is 5.56 Å². The van der Waals surface area contributed by atoms with E-state index in [0.717, 1.165) is 12.0 Å². The molecule has 0 aliphatic heterocycles. The van der Waals surface area contributed by atoms with Gasteiger partial charge in [0.15, 0.2) is 0 Å². The van der Waals surface area contributed by atoms with Crippen LogP contribution in [0.15, 0.2) is 23.6 Å². The molecule has 1 aromatic heterocycles. The summed E-state index contributed by atoms with van der Waals surface area (Å²) in [5, 5.41) is 0.892. The van der Waals surface area contributed by atoms with Gasteiger partial charge >= 0.3 is 0 Å². The maximum absolute atomic E-state index is 13.6. The Morgan fingerprint density at radius 1 is 1.22 bits per heavy atom. The molecule has 1 atom stereocenters. The number of halogens is 4. The Labute approximate surface area is 112 Å². The second kappa shape index (κ2) is 5.33. The first-order valence-electron chi connectivity index (χ1n) is 5.39. The molecule has 5 heteroatoms. The highest BCUT2D eigenvalue weighted by atomic mass is 35.5. The van der Waals surface area contributed by atoms with Crippen LogP contribution in [0, 0.1) is 17.5 Å². The predicted octanol–water partition coefficient (Wildman–Crippen LogP) is 5.06. The standard InChI is InChI=1S/C13H10ClF3S/c1-2-7-3-4-18-13(7)12(14)11-9(16)5-8(15)6-10(11)17/h3-6,12H,2H2,1H3. The summed E-state index contributed by atoms with van der Waals surface area (Å²) in [7, 11) is 0. The Morgan fingerprint density at radius 2 is 1.83 bits per heavy atom. The van der Waals surface area contributed by atoms with Crippen LogP contribution in [0.2, 0.25) is 0 Å². The molecule has 0 N–H and O–H groups in total. The van der Waals surface area contributed by atoms with Crippen LogP contribution in [0.4, 0.5) is 13.2 Å². The van der Waals surface area contributed by atoms with Gasteiger partial charge in [-0.15, -0.1) is 22.9 Å². The lowest BCUT2D eigenvalue weighted by molar-refractivity contribution is 0.526. The Kier molecular flexibility index (Phi) is 3.97. The van der Waals surface area contributed by atoms with E-state index in [1.54, 1.807) is 0 Å². The Balaban J connectivity index is 2.49. The summed E-state index contributed by atoms with van der Waals surface area (Å²) >= 11 is 7.47. The lowest BCUT2D eigenvalue weighted by atomic mass is 10.1. The van der Waals surface area contributed by atoms with Crippen molar-refractivity contribution in [1.82, 2.24) is 0 Å². The molecule has 2 rings (SSSR count). The van der Waals surface area contributed by atoms with Gasteiger partial charge in [0, 0.05) is 22.6 Å². The van der Waals surface area contributed by atoms with Crippen LogP contribution in [0.3, 0.4) is 0 Å². The third-order valence-corrected chi connectivity index (χ3v) is 4.28. The molecule has 0 amide bonds. The zero-order valence-corrected chi connectivity index (χ0v) is 11.1. The van der Waals surface area contributed by atoms with Gasteiger partial charge in [-0.25, -0.2) is 13.2 Å². The van der Waals surface area contributed by atoms with Gasteiger partial charge in [0.1, 0.15) is 17.5 Å². The monoisotopic (exact) mass is 290 g/mol. The molecule has 0 aliphatic carbocycles. The normalized spacial score (nSPS) is 12.7. The summed E-state index contributed by atoms with van der Waals surface area (Å²) in [4.78, 5) is 0.698. The van der Waals surface area contributed by atoms with Crippen LogP contribution in [0.25, 0.3) is 0 Å². The second-order valence-electron chi connectivity index (χ2n) is 3.81. The summed E-state index contributed by atoms with van der Waals surface area (Å²) in [6.45, 7) is 1.94. The van der Waals surface area contributed by atoms with Crippen LogP contribution < -0.4 is 0 Å². The fourth-order valence-corrected chi connectivity index (χ4v) is 3.27. The van der Waals surface area contributed by atoms with Crippen molar-refractivity contribution in [2.45, 2.75) is 18.7 Å². The summed E-state index contributed by atoms with van der Waals surface area (Å²) in [6.07, 6.45) is 0.729. The zero-order chi connectivity index (χ0) is 13.3. The Bertz CT molecular complexity index is 542. The van der Waals surface area contributed by atoms with Gasteiger partial charge in [0.05, 0.1) is 5.38 Å². The van der Waals surface area contributed by atoms with Crippen LogP contribution in [-0.2, 0) is 6.42 Å². The molecular weight excluding hydrogens is 281 g/mol. The van der Waals surface area contributed by atoms with Crippen molar-refractivity contribution < 1.29 is 13.2 Å². The van der Waals surface area contributed by atoms with E-state index >= 15 is 0 Å². The topological polar surface area (TPSA) is 0 Å². The van der Waals surface area contributed by atoms with Crippen LogP contribution in [0.5, 0.6) is 0 Å². The predicted molar refractivity (Wildman–Crippen MR) is 67.7 cm³/mol. The van der Waals surface area contributed by atoms with Gasteiger partial charge in [0.2, 0.25) is 0 Å². The fourth-order valence-electron chi connectivity index (χ4n) is 1.79. The lowest BCUT2D eigenvalue weighted by Gasteiger charge is -2.12. The summed E-state index contributed by atoms with van der Waals surface area (Å²) < 4.78 is 40.1. The molecule has 0 bridgehead atoms. The number of thiophene rings is 1. The van der Waals surface area contributed by atoms with Crippen molar-refractivity contribution in [3.8, 4) is 0 Å². The molecule has 1 aromatic carbocycles. The minimum Gasteiger partial charge on any atom is -0.207 e. The number of alkyl halides is 1. The third kappa shape index (κ3) is 2.40. The highest BCUT2D eigenvalue weighted by Crippen LogP contribution is 2.37. The lowest BCUT2D eigenvalue weighted by Crippen LogP contribution is -2.02. The second-order valence-corrected chi connectivity index (χ2v) is 5.19. The number of benzene rings is 1. The minimum atomic E-state index is -0.956. The summed E-state index contributed by atoms with van der Waals surface area (Å²) in [6, 6.07) is 3.16. The molecule has 2 aromatic rings. The SMILES string of the molecule is CCc1ccsc1C(Cl)c1c(F)cc(F)cc1F. The molecule has 0 nitrogen and oxygen atoms in total. The molecule has 0 aliphatic rings. The molecule has 96 valence electrons. The smallest absolute Gasteiger partial charge is 0.134 e. The molecular formula is C13H10ClF3S. The average molecular weight is 291 g/mol. The van der Waals surface area contributed by atoms with Gasteiger partial charge in [-0.3, -0.25) is 0 Å². The van der Waals surface area contributed by atoms with E-state index in [9.17, 15) is 13.2 Å². The molecule has 18 heavy (non-hydrogen) atoms. The molecule has 0 spiro atoms. The van der Waals surface area contributed by atoms with Crippen LogP contribution in [0.1, 0.15) is 28.3 Å². The van der Waals surface area contributed by atoms with E-state index in [4.69, 9.17) is 11.6 Å². The fraction of sp³-hybridized carbons (Fsp3) is 0.231. The first-order valence-corrected chi connectivity index (χ1v) is 6.71. The quantitative estimate of drug-likeness (QED) is 0.694. The Morgan fingerprint density at radius 3 is 2.39 bits per heavy atom. The van der Waals surface area contributed by atoms with E-state index in [2.05, 4.69) is 0 Å². The maximum Gasteiger partial charge on any atom is 0.134 e. The molecule has 0 saturated heterocycles. The summed E-state index contributed by atoms with van der Waals surface area (Å²) in [5.74, 6) is -2.86. The molecule has 1 unspecified atom stereocenters. The first kappa shape index (κ1) is 13.4. The number of hydrogen-bond acceptors (Lipinski definition) is 1. The highest BCUT2D eigenvalue weighted by molar-refractivity contribution is 7.10. The van der Waals surface area contributed by atoms with E-state index in [1.807, 2.05) is 18.4 Å². The van der Waals surface area contributed by atoms with Crippen molar-refractivity contribution >= 4 is 22.9 Å². The highest BCUT2D eigenvalue weighted by Gasteiger charge is 2.23. The van der Waals surface area contributed by atoms with Gasteiger partial charge in [-0.2, -0.15) is 0 Å². The van der Waals surface area contributed by atoms with E-state index in [1.165, 1.54) is 11.3 Å². The molecule has 1 heterocycles. The maximum atomic E-state index is 13.6. The zero-order valence-electron chi connectivity index (χ0n) is 9.51. The van der Waals surface area contributed by atoms with E-state index in [0.29, 0.717) is 17.0 Å². The van der Waals surface area contributed by atoms with Crippen molar-refractivity contribution in [3.63, 3.8) is 0 Å². The van der Waals surface area contributed by atoms with Crippen molar-refractivity contribution in [1.29, 1.82) is 0 Å². The molecule has 0 radical (unpaired) electrons. The van der Waals surface area contributed by atoms with Gasteiger partial charge < -0.3 is 0 Å². The van der Waals surface area contributed by atoms with Gasteiger partial charge in [-0.1, -0.05) is 6.92 Å². The first-order chi connectivity index (χ1) is 8.54. The average Bonchev–Trinajstić information content (AvgIpc) is 2.75. The van der Waals surface area contributed by atoms with Crippen molar-refractivity contribution in [2.75, 3.05) is 0 Å². The van der Waals surface area contributed by atoms with Gasteiger partial charge in [0.25, 0.3) is 0 Å². The molecule has 0 fully saturated rings. The third-order valence-electron chi connectivity index (χ3n) is 2.69. The van der Waals surface area contributed by atoms with Crippen LogP contribution in [-0.4, -0.2) is 0 Å². The van der Waals surface area contributed by atoms with Crippen LogP contribution >= 0.6 is 22.9 Å². The van der Waals surface area contributed by atoms with Gasteiger partial charge in [-0.05, 0) is 23.4 Å². The summed E-state index contributed by atoms with van der Waals surface area (Å²) in [5.41, 5.74) is 0.651. The number of hydrogen-bond donors (Lipinski definition) is 0. The van der Waals surface area contributed by atoms with Crippen molar-refractivity contribution in [2.24, 2.45) is 0 Å². The van der Waals surface area contributed by atoms with E-state index < -0.39 is 22.8 Å². The largest absolute Gasteiger partial charge is 0.207 e. The number of aryl methyl sites for hydroxylation is 1. The minimum absolute atomic E-state index is 0.296. The number of rotatable bonds is 3. The molecule has 0 saturated carbocycles. The van der Waals surface area contributed by atoms with Crippen molar-refractivity contribution in [3.05, 3.63) is 57.0 Å².